The molecule has 2 aromatic rings. The Morgan fingerprint density at radius 1 is 0.947 bits per heavy atom. The highest BCUT2D eigenvalue weighted by Gasteiger charge is 2.13. The molecule has 0 atom stereocenters. The molecule has 2 rings (SSSR count). The molecule has 0 aliphatic carbocycles. The van der Waals surface area contributed by atoms with Gasteiger partial charge >= 0.3 is 0 Å². The van der Waals surface area contributed by atoms with E-state index in [0.717, 1.165) is 0 Å². The summed E-state index contributed by atoms with van der Waals surface area (Å²) in [4.78, 5) is 0. The summed E-state index contributed by atoms with van der Waals surface area (Å²) in [6.45, 7) is 3.52. The molecule has 0 aliphatic heterocycles. The highest BCUT2D eigenvalue weighted by molar-refractivity contribution is 5.64. The Morgan fingerprint density at radius 2 is 1.58 bits per heavy atom. The van der Waals surface area contributed by atoms with Crippen LogP contribution in [0.5, 0.6) is 0 Å². The summed E-state index contributed by atoms with van der Waals surface area (Å²) in [6.07, 6.45) is 2.34. The molecule has 0 amide bonds. The van der Waals surface area contributed by atoms with Gasteiger partial charge in [0, 0.05) is 11.1 Å². The van der Waals surface area contributed by atoms with Gasteiger partial charge in [0.25, 0.3) is 0 Å². The molecule has 19 heavy (non-hydrogen) atoms. The molecule has 0 heterocycles. The maximum atomic E-state index is 13.9. The standard InChI is InChI=1S/C16H13F3/c1-2-3-6-13-15(18)9-11(10-16(13)19)12-7-4-5-8-14(12)17/h2,4-5,7-10H,1,3,6H2. The van der Waals surface area contributed by atoms with Crippen molar-refractivity contribution in [1.29, 1.82) is 0 Å². The zero-order valence-electron chi connectivity index (χ0n) is 10.3. The highest BCUT2D eigenvalue weighted by atomic mass is 19.1. The number of allylic oxidation sites excluding steroid dienone is 1. The minimum atomic E-state index is -0.653. The van der Waals surface area contributed by atoms with E-state index >= 15 is 0 Å². The molecule has 0 unspecified atom stereocenters. The van der Waals surface area contributed by atoms with Gasteiger partial charge in [0.2, 0.25) is 0 Å². The minimum Gasteiger partial charge on any atom is -0.207 e. The van der Waals surface area contributed by atoms with Crippen LogP contribution >= 0.6 is 0 Å². The van der Waals surface area contributed by atoms with Crippen molar-refractivity contribution in [2.75, 3.05) is 0 Å². The predicted molar refractivity (Wildman–Crippen MR) is 70.3 cm³/mol. The fourth-order valence-corrected chi connectivity index (χ4v) is 1.94. The molecule has 0 nitrogen and oxygen atoms in total. The molecule has 2 aromatic carbocycles. The summed E-state index contributed by atoms with van der Waals surface area (Å²) in [5, 5.41) is 0. The third-order valence-electron chi connectivity index (χ3n) is 2.92. The van der Waals surface area contributed by atoms with E-state index in [1.165, 1.54) is 30.3 Å². The van der Waals surface area contributed by atoms with Crippen LogP contribution in [0.4, 0.5) is 13.2 Å². The Morgan fingerprint density at radius 3 is 2.16 bits per heavy atom. The predicted octanol–water partition coefficient (Wildman–Crippen LogP) is 4.89. The number of hydrogen-bond acceptors (Lipinski definition) is 0. The van der Waals surface area contributed by atoms with E-state index in [2.05, 4.69) is 6.58 Å². The number of benzene rings is 2. The van der Waals surface area contributed by atoms with Gasteiger partial charge in [0.1, 0.15) is 17.5 Å². The lowest BCUT2D eigenvalue weighted by molar-refractivity contribution is 0.556. The molecular weight excluding hydrogens is 249 g/mol. The molecule has 0 spiro atoms. The Kier molecular flexibility index (Phi) is 4.05. The first-order valence-corrected chi connectivity index (χ1v) is 5.97. The normalized spacial score (nSPS) is 10.5. The van der Waals surface area contributed by atoms with Crippen LogP contribution in [-0.4, -0.2) is 0 Å². The summed E-state index contributed by atoms with van der Waals surface area (Å²) in [5.74, 6) is -1.81. The van der Waals surface area contributed by atoms with Gasteiger partial charge in [-0.15, -0.1) is 6.58 Å². The van der Waals surface area contributed by atoms with Crippen LogP contribution in [0.3, 0.4) is 0 Å². The van der Waals surface area contributed by atoms with Gasteiger partial charge in [0.15, 0.2) is 0 Å². The second-order valence-corrected chi connectivity index (χ2v) is 4.23. The van der Waals surface area contributed by atoms with Crippen molar-refractivity contribution in [3.05, 3.63) is 72.1 Å². The van der Waals surface area contributed by atoms with E-state index in [4.69, 9.17) is 0 Å². The fourth-order valence-electron chi connectivity index (χ4n) is 1.94. The summed E-state index contributed by atoms with van der Waals surface area (Å²) in [7, 11) is 0. The second-order valence-electron chi connectivity index (χ2n) is 4.23. The van der Waals surface area contributed by atoms with Gasteiger partial charge in [-0.2, -0.15) is 0 Å². The van der Waals surface area contributed by atoms with E-state index in [1.807, 2.05) is 0 Å². The topological polar surface area (TPSA) is 0 Å². The number of rotatable bonds is 4. The molecule has 3 heteroatoms. The van der Waals surface area contributed by atoms with Crippen molar-refractivity contribution in [2.45, 2.75) is 12.8 Å². The summed E-state index contributed by atoms with van der Waals surface area (Å²) < 4.78 is 41.3. The molecule has 0 N–H and O–H groups in total. The highest BCUT2D eigenvalue weighted by Crippen LogP contribution is 2.27. The Balaban J connectivity index is 2.45. The first-order chi connectivity index (χ1) is 9.13. The third kappa shape index (κ3) is 2.87. The Labute approximate surface area is 110 Å². The lowest BCUT2D eigenvalue weighted by Crippen LogP contribution is -1.97. The van der Waals surface area contributed by atoms with Crippen LogP contribution < -0.4 is 0 Å². The molecule has 0 saturated carbocycles. The monoisotopic (exact) mass is 262 g/mol. The van der Waals surface area contributed by atoms with Crippen LogP contribution in [0.1, 0.15) is 12.0 Å². The average molecular weight is 262 g/mol. The smallest absolute Gasteiger partial charge is 0.131 e. The molecule has 0 aromatic heterocycles. The molecule has 0 fully saturated rings. The molecule has 0 aliphatic rings. The molecular formula is C16H13F3. The first kappa shape index (κ1) is 13.4. The van der Waals surface area contributed by atoms with Gasteiger partial charge in [-0.1, -0.05) is 24.3 Å². The van der Waals surface area contributed by atoms with Gasteiger partial charge in [-0.3, -0.25) is 0 Å². The minimum absolute atomic E-state index is 0.0139. The molecule has 0 saturated heterocycles. The van der Waals surface area contributed by atoms with Crippen molar-refractivity contribution < 1.29 is 13.2 Å². The summed E-state index contributed by atoms with van der Waals surface area (Å²) in [5.41, 5.74) is 0.408. The van der Waals surface area contributed by atoms with E-state index in [0.29, 0.717) is 6.42 Å². The van der Waals surface area contributed by atoms with E-state index in [-0.39, 0.29) is 23.1 Å². The Bertz CT molecular complexity index is 580. The van der Waals surface area contributed by atoms with Crippen LogP contribution in [-0.2, 0) is 6.42 Å². The number of hydrogen-bond donors (Lipinski definition) is 0. The van der Waals surface area contributed by atoms with Crippen molar-refractivity contribution >= 4 is 0 Å². The van der Waals surface area contributed by atoms with Crippen LogP contribution in [0, 0.1) is 17.5 Å². The largest absolute Gasteiger partial charge is 0.207 e. The van der Waals surface area contributed by atoms with Gasteiger partial charge in [-0.05, 0) is 36.6 Å². The summed E-state index contributed by atoms with van der Waals surface area (Å²) >= 11 is 0. The van der Waals surface area contributed by atoms with Crippen molar-refractivity contribution in [3.63, 3.8) is 0 Å². The molecule has 0 bridgehead atoms. The van der Waals surface area contributed by atoms with Crippen molar-refractivity contribution in [1.82, 2.24) is 0 Å². The van der Waals surface area contributed by atoms with E-state index in [1.54, 1.807) is 12.1 Å². The molecule has 0 radical (unpaired) electrons. The maximum Gasteiger partial charge on any atom is 0.131 e. The van der Waals surface area contributed by atoms with Crippen molar-refractivity contribution in [2.24, 2.45) is 0 Å². The van der Waals surface area contributed by atoms with Gasteiger partial charge in [0.05, 0.1) is 0 Å². The second kappa shape index (κ2) is 5.74. The first-order valence-electron chi connectivity index (χ1n) is 5.97. The zero-order chi connectivity index (χ0) is 13.8. The zero-order valence-corrected chi connectivity index (χ0v) is 10.3. The molecule has 98 valence electrons. The third-order valence-corrected chi connectivity index (χ3v) is 2.92. The van der Waals surface area contributed by atoms with Crippen LogP contribution in [0.2, 0.25) is 0 Å². The maximum absolute atomic E-state index is 13.9. The lowest BCUT2D eigenvalue weighted by Gasteiger charge is -2.08. The van der Waals surface area contributed by atoms with E-state index < -0.39 is 17.5 Å². The fraction of sp³-hybridized carbons (Fsp3) is 0.125. The number of halogens is 3. The summed E-state index contributed by atoms with van der Waals surface area (Å²) in [6, 6.07) is 8.24. The van der Waals surface area contributed by atoms with Gasteiger partial charge < -0.3 is 0 Å². The Hall–Kier alpha value is -2.03. The van der Waals surface area contributed by atoms with Gasteiger partial charge in [-0.25, -0.2) is 13.2 Å². The van der Waals surface area contributed by atoms with Crippen molar-refractivity contribution in [3.8, 4) is 11.1 Å². The van der Waals surface area contributed by atoms with Crippen LogP contribution in [0.25, 0.3) is 11.1 Å². The average Bonchev–Trinajstić information content (AvgIpc) is 2.38. The lowest BCUT2D eigenvalue weighted by atomic mass is 10.0. The van der Waals surface area contributed by atoms with Crippen LogP contribution in [0.15, 0.2) is 49.1 Å². The van der Waals surface area contributed by atoms with E-state index in [9.17, 15) is 13.2 Å². The SMILES string of the molecule is C=CCCc1c(F)cc(-c2ccccc2F)cc1F. The quantitative estimate of drug-likeness (QED) is 0.688.